The van der Waals surface area contributed by atoms with E-state index in [2.05, 4.69) is 9.82 Å². The van der Waals surface area contributed by atoms with Gasteiger partial charge in [0.05, 0.1) is 17.1 Å². The van der Waals surface area contributed by atoms with Gasteiger partial charge in [-0.05, 0) is 56.0 Å². The van der Waals surface area contributed by atoms with Crippen LogP contribution in [0.3, 0.4) is 0 Å². The van der Waals surface area contributed by atoms with Crippen molar-refractivity contribution in [2.24, 2.45) is 0 Å². The number of nitrogens with one attached hydrogen (secondary N) is 1. The van der Waals surface area contributed by atoms with Crippen LogP contribution in [0.15, 0.2) is 46.7 Å². The molecule has 0 aliphatic heterocycles. The molecule has 0 saturated heterocycles. The van der Waals surface area contributed by atoms with Gasteiger partial charge in [-0.25, -0.2) is 17.8 Å². The molecule has 0 spiro atoms. The van der Waals surface area contributed by atoms with E-state index in [0.29, 0.717) is 29.4 Å². The molecule has 8 heteroatoms. The maximum atomic E-state index is 12.7. The maximum Gasteiger partial charge on any atom is 0.244 e. The zero-order valence-electron chi connectivity index (χ0n) is 13.9. The Kier molecular flexibility index (Phi) is 5.29. The molecule has 0 fully saturated rings. The summed E-state index contributed by atoms with van der Waals surface area (Å²) in [6, 6.07) is 11.1. The first-order valence-corrected chi connectivity index (χ1v) is 10.5. The van der Waals surface area contributed by atoms with E-state index in [1.165, 1.54) is 0 Å². The molecule has 0 bridgehead atoms. The quantitative estimate of drug-likeness (QED) is 0.691. The molecule has 132 valence electrons. The molecule has 2 heterocycles. The number of hydrogen-bond donors (Lipinski definition) is 1. The smallest absolute Gasteiger partial charge is 0.236 e. The highest BCUT2D eigenvalue weighted by atomic mass is 35.5. The Morgan fingerprint density at radius 3 is 2.56 bits per heavy atom. The summed E-state index contributed by atoms with van der Waals surface area (Å²) in [5, 5.41) is 6.99. The van der Waals surface area contributed by atoms with Gasteiger partial charge in [0.2, 0.25) is 10.0 Å². The fourth-order valence-corrected chi connectivity index (χ4v) is 4.94. The lowest BCUT2D eigenvalue weighted by Gasteiger charge is -2.08. The first-order valence-electron chi connectivity index (χ1n) is 7.73. The minimum absolute atomic E-state index is 0.230. The highest BCUT2D eigenvalue weighted by Gasteiger charge is 2.24. The van der Waals surface area contributed by atoms with E-state index in [0.717, 1.165) is 10.6 Å². The average Bonchev–Trinajstić information content (AvgIpc) is 3.16. The topological polar surface area (TPSA) is 64.0 Å². The van der Waals surface area contributed by atoms with Crippen LogP contribution in [-0.4, -0.2) is 24.7 Å². The number of sulfonamides is 1. The molecule has 0 unspecified atom stereocenters. The van der Waals surface area contributed by atoms with Crippen molar-refractivity contribution in [1.29, 1.82) is 0 Å². The van der Waals surface area contributed by atoms with Gasteiger partial charge in [-0.2, -0.15) is 5.10 Å². The lowest BCUT2D eigenvalue weighted by Crippen LogP contribution is -2.26. The number of rotatable bonds is 6. The van der Waals surface area contributed by atoms with Crippen molar-refractivity contribution < 1.29 is 8.42 Å². The van der Waals surface area contributed by atoms with E-state index < -0.39 is 10.0 Å². The predicted octanol–water partition coefficient (Wildman–Crippen LogP) is 3.73. The first-order chi connectivity index (χ1) is 11.9. The molecule has 0 saturated carbocycles. The predicted molar refractivity (Wildman–Crippen MR) is 101 cm³/mol. The Morgan fingerprint density at radius 2 is 1.92 bits per heavy atom. The summed E-state index contributed by atoms with van der Waals surface area (Å²) in [5.74, 6) is 0. The molecular weight excluding hydrogens is 378 g/mol. The van der Waals surface area contributed by atoms with Crippen LogP contribution in [0.5, 0.6) is 0 Å². The van der Waals surface area contributed by atoms with Gasteiger partial charge < -0.3 is 0 Å². The van der Waals surface area contributed by atoms with Crippen molar-refractivity contribution in [2.45, 2.75) is 25.2 Å². The molecule has 0 atom stereocenters. The molecule has 1 aromatic carbocycles. The zero-order chi connectivity index (χ0) is 18.0. The van der Waals surface area contributed by atoms with Gasteiger partial charge in [-0.1, -0.05) is 17.7 Å². The van der Waals surface area contributed by atoms with Crippen molar-refractivity contribution >= 4 is 33.0 Å². The van der Waals surface area contributed by atoms with E-state index in [4.69, 9.17) is 11.6 Å². The molecule has 25 heavy (non-hydrogen) atoms. The van der Waals surface area contributed by atoms with Gasteiger partial charge in [0.25, 0.3) is 0 Å². The summed E-state index contributed by atoms with van der Waals surface area (Å²) in [4.78, 5) is 1.38. The summed E-state index contributed by atoms with van der Waals surface area (Å²) >= 11 is 7.53. The molecule has 3 rings (SSSR count). The fourth-order valence-electron chi connectivity index (χ4n) is 2.69. The average molecular weight is 396 g/mol. The molecule has 0 amide bonds. The number of halogens is 1. The third-order valence-corrected chi connectivity index (χ3v) is 6.71. The second-order valence-electron chi connectivity index (χ2n) is 5.62. The first kappa shape index (κ1) is 18.1. The SMILES string of the molecule is Cc1nn(-c2ccc(Cl)cc2)c(C)c1S(=O)(=O)NCCc1cccs1. The molecule has 0 radical (unpaired) electrons. The number of nitrogens with zero attached hydrogens (tertiary/aromatic N) is 2. The van der Waals surface area contributed by atoms with E-state index >= 15 is 0 Å². The molecule has 3 aromatic rings. The summed E-state index contributed by atoms with van der Waals surface area (Å²) in [7, 11) is -3.62. The van der Waals surface area contributed by atoms with Crippen LogP contribution in [0, 0.1) is 13.8 Å². The maximum absolute atomic E-state index is 12.7. The Hall–Kier alpha value is -1.67. The van der Waals surface area contributed by atoms with Crippen LogP contribution in [-0.2, 0) is 16.4 Å². The summed E-state index contributed by atoms with van der Waals surface area (Å²) in [5.41, 5.74) is 1.81. The molecule has 2 aromatic heterocycles. The van der Waals surface area contributed by atoms with Crippen LogP contribution in [0.1, 0.15) is 16.3 Å². The Bertz CT molecular complexity index is 962. The highest BCUT2D eigenvalue weighted by Crippen LogP contribution is 2.23. The Labute approximate surface area is 156 Å². The minimum atomic E-state index is -3.62. The minimum Gasteiger partial charge on any atom is -0.236 e. The van der Waals surface area contributed by atoms with Crippen LogP contribution < -0.4 is 4.72 Å². The lowest BCUT2D eigenvalue weighted by atomic mass is 10.3. The number of hydrogen-bond acceptors (Lipinski definition) is 4. The van der Waals surface area contributed by atoms with E-state index in [9.17, 15) is 8.42 Å². The molecule has 1 N–H and O–H groups in total. The number of benzene rings is 1. The Morgan fingerprint density at radius 1 is 1.20 bits per heavy atom. The second-order valence-corrected chi connectivity index (χ2v) is 8.79. The van der Waals surface area contributed by atoms with Crippen LogP contribution in [0.4, 0.5) is 0 Å². The van der Waals surface area contributed by atoms with Crippen molar-refractivity contribution in [1.82, 2.24) is 14.5 Å². The second kappa shape index (κ2) is 7.29. The van der Waals surface area contributed by atoms with Gasteiger partial charge in [0, 0.05) is 16.4 Å². The van der Waals surface area contributed by atoms with Gasteiger partial charge in [-0.3, -0.25) is 0 Å². The summed E-state index contributed by atoms with van der Waals surface area (Å²) in [6.45, 7) is 3.81. The van der Waals surface area contributed by atoms with Crippen molar-refractivity contribution in [3.05, 3.63) is 63.1 Å². The van der Waals surface area contributed by atoms with Crippen molar-refractivity contribution in [3.63, 3.8) is 0 Å². The van der Waals surface area contributed by atoms with Crippen molar-refractivity contribution in [2.75, 3.05) is 6.54 Å². The fraction of sp³-hybridized carbons (Fsp3) is 0.235. The molecular formula is C17H18ClN3O2S2. The van der Waals surface area contributed by atoms with Crippen LogP contribution >= 0.6 is 22.9 Å². The number of aromatic nitrogens is 2. The summed E-state index contributed by atoms with van der Waals surface area (Å²) in [6.07, 6.45) is 0.667. The van der Waals surface area contributed by atoms with E-state index in [1.54, 1.807) is 42.0 Å². The monoisotopic (exact) mass is 395 g/mol. The molecule has 0 aliphatic rings. The third kappa shape index (κ3) is 3.95. The van der Waals surface area contributed by atoms with Gasteiger partial charge >= 0.3 is 0 Å². The van der Waals surface area contributed by atoms with E-state index in [-0.39, 0.29) is 4.90 Å². The Balaban J connectivity index is 1.84. The van der Waals surface area contributed by atoms with Gasteiger partial charge in [-0.15, -0.1) is 11.3 Å². The lowest BCUT2D eigenvalue weighted by molar-refractivity contribution is 0.580. The normalized spacial score (nSPS) is 11.8. The van der Waals surface area contributed by atoms with Crippen molar-refractivity contribution in [3.8, 4) is 5.69 Å². The van der Waals surface area contributed by atoms with Gasteiger partial charge in [0.1, 0.15) is 4.90 Å². The van der Waals surface area contributed by atoms with Crippen LogP contribution in [0.25, 0.3) is 5.69 Å². The highest BCUT2D eigenvalue weighted by molar-refractivity contribution is 7.89. The number of aryl methyl sites for hydroxylation is 1. The summed E-state index contributed by atoms with van der Waals surface area (Å²) < 4.78 is 29.7. The standard InChI is InChI=1S/C17H18ClN3O2S2/c1-12-17(25(22,23)19-10-9-16-4-3-11-24-16)13(2)21(20-12)15-7-5-14(18)6-8-15/h3-8,11,19H,9-10H2,1-2H3. The third-order valence-electron chi connectivity index (χ3n) is 3.81. The zero-order valence-corrected chi connectivity index (χ0v) is 16.2. The number of thiophene rings is 1. The molecule has 5 nitrogen and oxygen atoms in total. The van der Waals surface area contributed by atoms with E-state index in [1.807, 2.05) is 29.6 Å². The largest absolute Gasteiger partial charge is 0.244 e. The van der Waals surface area contributed by atoms with Gasteiger partial charge in [0.15, 0.2) is 0 Å². The van der Waals surface area contributed by atoms with Crippen LogP contribution in [0.2, 0.25) is 5.02 Å². The molecule has 0 aliphatic carbocycles.